The summed E-state index contributed by atoms with van der Waals surface area (Å²) in [5.41, 5.74) is 2.02. The molecule has 0 atom stereocenters. The maximum atomic E-state index is 12.5. The molecule has 0 spiro atoms. The van der Waals surface area contributed by atoms with Crippen molar-refractivity contribution < 1.29 is 4.79 Å². The van der Waals surface area contributed by atoms with Crippen LogP contribution in [0, 0.1) is 0 Å². The van der Waals surface area contributed by atoms with Crippen LogP contribution in [0.2, 0.25) is 0 Å². The molecule has 4 nitrogen and oxygen atoms in total. The molecule has 3 aromatic carbocycles. The normalized spacial score (nSPS) is 10.9. The summed E-state index contributed by atoms with van der Waals surface area (Å²) in [6, 6.07) is 24.5. The van der Waals surface area contributed by atoms with E-state index in [2.05, 4.69) is 35.4 Å². The van der Waals surface area contributed by atoms with Gasteiger partial charge in [0.05, 0.1) is 17.6 Å². The van der Waals surface area contributed by atoms with Crippen molar-refractivity contribution in [1.82, 2.24) is 14.7 Å². The number of hydrogen-bond acceptors (Lipinski definition) is 3. The molecule has 140 valence electrons. The summed E-state index contributed by atoms with van der Waals surface area (Å²) in [5.74, 6) is 0.521. The largest absolute Gasteiger partial charge is 0.341 e. The highest BCUT2D eigenvalue weighted by atomic mass is 32.2. The number of hydrogen-bond donors (Lipinski definition) is 0. The maximum absolute atomic E-state index is 12.5. The number of thioether (sulfide) groups is 1. The van der Waals surface area contributed by atoms with Gasteiger partial charge in [0.2, 0.25) is 5.91 Å². The van der Waals surface area contributed by atoms with Crippen molar-refractivity contribution in [2.24, 2.45) is 0 Å². The lowest BCUT2D eigenvalue weighted by molar-refractivity contribution is -0.127. The fourth-order valence-corrected chi connectivity index (χ4v) is 3.92. The maximum Gasteiger partial charge on any atom is 0.232 e. The Morgan fingerprint density at radius 3 is 2.57 bits per heavy atom. The minimum atomic E-state index is 0.102. The lowest BCUT2D eigenvalue weighted by Gasteiger charge is -2.16. The molecule has 1 amide bonds. The van der Waals surface area contributed by atoms with Crippen LogP contribution in [0.25, 0.3) is 16.5 Å². The molecular weight excluding hydrogens is 366 g/mol. The number of carbonyl (C=O) groups excluding carboxylic acids is 1. The van der Waals surface area contributed by atoms with Gasteiger partial charge in [-0.1, -0.05) is 48.5 Å². The number of fused-ring (bicyclic) bond motifs is 1. The van der Waals surface area contributed by atoms with Crippen molar-refractivity contribution in [3.05, 3.63) is 90.8 Å². The Kier molecular flexibility index (Phi) is 5.44. The van der Waals surface area contributed by atoms with Crippen LogP contribution in [0.1, 0.15) is 5.56 Å². The number of nitrogens with zero attached hydrogens (tertiary/aromatic N) is 3. The number of benzene rings is 3. The van der Waals surface area contributed by atoms with Gasteiger partial charge < -0.3 is 4.90 Å². The summed E-state index contributed by atoms with van der Waals surface area (Å²) in [6.45, 7) is 0.546. The van der Waals surface area contributed by atoms with Crippen molar-refractivity contribution in [3.63, 3.8) is 0 Å². The molecule has 0 radical (unpaired) electrons. The molecule has 1 aromatic heterocycles. The van der Waals surface area contributed by atoms with Crippen molar-refractivity contribution >= 4 is 28.4 Å². The zero-order valence-electron chi connectivity index (χ0n) is 15.7. The molecule has 0 bridgehead atoms. The van der Waals surface area contributed by atoms with Gasteiger partial charge in [-0.2, -0.15) is 5.10 Å². The number of aromatic nitrogens is 2. The second-order valence-electron chi connectivity index (χ2n) is 6.68. The van der Waals surface area contributed by atoms with E-state index in [0.717, 1.165) is 16.1 Å². The van der Waals surface area contributed by atoms with Crippen LogP contribution in [0.5, 0.6) is 0 Å². The van der Waals surface area contributed by atoms with Crippen molar-refractivity contribution in [2.45, 2.75) is 11.4 Å². The summed E-state index contributed by atoms with van der Waals surface area (Å²) in [4.78, 5) is 15.4. The van der Waals surface area contributed by atoms with E-state index in [-0.39, 0.29) is 5.91 Å². The van der Waals surface area contributed by atoms with Crippen molar-refractivity contribution in [1.29, 1.82) is 0 Å². The Balaban J connectivity index is 1.35. The fraction of sp³-hybridized carbons (Fsp3) is 0.130. The zero-order chi connectivity index (χ0) is 19.3. The quantitative estimate of drug-likeness (QED) is 0.447. The SMILES string of the molecule is CN(Cc1cnn(-c2ccccc2)c1)C(=O)CSc1ccc2ccccc2c1. The van der Waals surface area contributed by atoms with Gasteiger partial charge >= 0.3 is 0 Å². The van der Waals surface area contributed by atoms with E-state index in [0.29, 0.717) is 12.3 Å². The van der Waals surface area contributed by atoms with E-state index in [1.165, 1.54) is 10.8 Å². The van der Waals surface area contributed by atoms with Crippen LogP contribution in [0.3, 0.4) is 0 Å². The average molecular weight is 388 g/mol. The van der Waals surface area contributed by atoms with E-state index < -0.39 is 0 Å². The van der Waals surface area contributed by atoms with E-state index in [9.17, 15) is 4.79 Å². The van der Waals surface area contributed by atoms with Gasteiger partial charge in [0.1, 0.15) is 0 Å². The molecule has 5 heteroatoms. The molecule has 0 aliphatic carbocycles. The minimum Gasteiger partial charge on any atom is -0.341 e. The van der Waals surface area contributed by atoms with Gasteiger partial charge in [0.25, 0.3) is 0 Å². The Morgan fingerprint density at radius 1 is 1.00 bits per heavy atom. The molecule has 0 aliphatic heterocycles. The second-order valence-corrected chi connectivity index (χ2v) is 7.72. The molecular formula is C23H21N3OS. The summed E-state index contributed by atoms with van der Waals surface area (Å²) in [5, 5.41) is 6.80. The predicted molar refractivity (Wildman–Crippen MR) is 115 cm³/mol. The van der Waals surface area contributed by atoms with Crippen LogP contribution in [0.4, 0.5) is 0 Å². The van der Waals surface area contributed by atoms with Crippen LogP contribution >= 0.6 is 11.8 Å². The van der Waals surface area contributed by atoms with E-state index in [4.69, 9.17) is 0 Å². The highest BCUT2D eigenvalue weighted by Gasteiger charge is 2.11. The van der Waals surface area contributed by atoms with Gasteiger partial charge in [-0.15, -0.1) is 11.8 Å². The zero-order valence-corrected chi connectivity index (χ0v) is 16.5. The van der Waals surface area contributed by atoms with Crippen molar-refractivity contribution in [3.8, 4) is 5.69 Å². The lowest BCUT2D eigenvalue weighted by atomic mass is 10.1. The molecule has 0 N–H and O–H groups in total. The summed E-state index contributed by atoms with van der Waals surface area (Å²) in [7, 11) is 1.84. The molecule has 0 saturated heterocycles. The standard InChI is InChI=1S/C23H21N3OS/c1-25(15-18-14-24-26(16-18)21-9-3-2-4-10-21)23(27)17-28-22-12-11-19-7-5-6-8-20(19)13-22/h2-14,16H,15,17H2,1H3. The molecule has 28 heavy (non-hydrogen) atoms. The van der Waals surface area contributed by atoms with E-state index in [1.807, 2.05) is 66.6 Å². The summed E-state index contributed by atoms with van der Waals surface area (Å²) in [6.07, 6.45) is 3.78. The third-order valence-electron chi connectivity index (χ3n) is 4.59. The third-order valence-corrected chi connectivity index (χ3v) is 5.56. The molecule has 4 rings (SSSR count). The Hall–Kier alpha value is -3.05. The van der Waals surface area contributed by atoms with Crippen molar-refractivity contribution in [2.75, 3.05) is 12.8 Å². The van der Waals surface area contributed by atoms with Crippen LogP contribution in [0.15, 0.2) is 90.1 Å². The summed E-state index contributed by atoms with van der Waals surface area (Å²) < 4.78 is 1.83. The van der Waals surface area contributed by atoms with Gasteiger partial charge in [-0.25, -0.2) is 4.68 Å². The highest BCUT2D eigenvalue weighted by molar-refractivity contribution is 8.00. The minimum absolute atomic E-state index is 0.102. The van der Waals surface area contributed by atoms with Gasteiger partial charge in [-0.05, 0) is 35.0 Å². The first-order valence-corrected chi connectivity index (χ1v) is 10.1. The number of carbonyl (C=O) groups is 1. The Labute approximate surface area is 168 Å². The smallest absolute Gasteiger partial charge is 0.232 e. The van der Waals surface area contributed by atoms with Gasteiger partial charge in [0.15, 0.2) is 0 Å². The average Bonchev–Trinajstić information content (AvgIpc) is 3.21. The molecule has 0 unspecified atom stereocenters. The van der Waals surface area contributed by atoms with Crippen LogP contribution in [-0.2, 0) is 11.3 Å². The molecule has 4 aromatic rings. The van der Waals surface area contributed by atoms with Gasteiger partial charge in [0, 0.05) is 30.2 Å². The number of amides is 1. The molecule has 0 aliphatic rings. The Morgan fingerprint density at radius 2 is 1.75 bits per heavy atom. The van der Waals surface area contributed by atoms with Crippen LogP contribution in [-0.4, -0.2) is 33.4 Å². The van der Waals surface area contributed by atoms with E-state index >= 15 is 0 Å². The molecule has 1 heterocycles. The molecule has 0 fully saturated rings. The highest BCUT2D eigenvalue weighted by Crippen LogP contribution is 2.24. The van der Waals surface area contributed by atoms with E-state index in [1.54, 1.807) is 16.7 Å². The van der Waals surface area contributed by atoms with Crippen LogP contribution < -0.4 is 0 Å². The second kappa shape index (κ2) is 8.31. The first-order chi connectivity index (χ1) is 13.7. The lowest BCUT2D eigenvalue weighted by Crippen LogP contribution is -2.27. The monoisotopic (exact) mass is 387 g/mol. The summed E-state index contributed by atoms with van der Waals surface area (Å²) >= 11 is 1.57. The fourth-order valence-electron chi connectivity index (χ4n) is 3.04. The third kappa shape index (κ3) is 4.26. The Bertz CT molecular complexity index is 1090. The first-order valence-electron chi connectivity index (χ1n) is 9.13. The number of rotatable bonds is 6. The first kappa shape index (κ1) is 18.3. The van der Waals surface area contributed by atoms with Gasteiger partial charge in [-0.3, -0.25) is 4.79 Å². The topological polar surface area (TPSA) is 38.1 Å². The molecule has 0 saturated carbocycles. The predicted octanol–water partition coefficient (Wildman–Crippen LogP) is 4.78. The number of para-hydroxylation sites is 1.